The zero-order valence-electron chi connectivity index (χ0n) is 13.9. The van der Waals surface area contributed by atoms with E-state index in [1.165, 1.54) is 7.11 Å². The zero-order chi connectivity index (χ0) is 17.5. The van der Waals surface area contributed by atoms with Crippen molar-refractivity contribution >= 4 is 5.97 Å². The minimum absolute atomic E-state index is 0.248. The highest BCUT2D eigenvalue weighted by atomic mass is 16.5. The van der Waals surface area contributed by atoms with E-state index in [9.17, 15) is 4.79 Å². The van der Waals surface area contributed by atoms with Crippen molar-refractivity contribution in [1.29, 1.82) is 0 Å². The van der Waals surface area contributed by atoms with Crippen LogP contribution in [0.1, 0.15) is 11.1 Å². The van der Waals surface area contributed by atoms with Crippen molar-refractivity contribution in [2.45, 2.75) is 13.0 Å². The van der Waals surface area contributed by atoms with Crippen LogP contribution in [0.25, 0.3) is 11.4 Å². The van der Waals surface area contributed by atoms with Crippen molar-refractivity contribution in [1.82, 2.24) is 9.97 Å². The Kier molecular flexibility index (Phi) is 5.36. The quantitative estimate of drug-likeness (QED) is 0.646. The van der Waals surface area contributed by atoms with Crippen LogP contribution in [0.15, 0.2) is 66.9 Å². The molecule has 25 heavy (non-hydrogen) atoms. The molecule has 0 unspecified atom stereocenters. The van der Waals surface area contributed by atoms with Gasteiger partial charge in [0.15, 0.2) is 5.82 Å². The number of carbonyl (C=O) groups is 1. The molecule has 126 valence electrons. The van der Waals surface area contributed by atoms with Gasteiger partial charge in [-0.05, 0) is 11.1 Å². The molecule has 0 aliphatic carbocycles. The lowest BCUT2D eigenvalue weighted by Gasteiger charge is -2.07. The molecule has 3 aromatic rings. The van der Waals surface area contributed by atoms with Gasteiger partial charge in [0.25, 0.3) is 0 Å². The van der Waals surface area contributed by atoms with E-state index in [4.69, 9.17) is 4.74 Å². The second-order valence-electron chi connectivity index (χ2n) is 5.44. The molecule has 1 heterocycles. The van der Waals surface area contributed by atoms with Crippen LogP contribution in [-0.4, -0.2) is 23.0 Å². The number of esters is 1. The maximum Gasteiger partial charge on any atom is 0.309 e. The van der Waals surface area contributed by atoms with E-state index in [0.717, 1.165) is 16.7 Å². The summed E-state index contributed by atoms with van der Waals surface area (Å²) in [5.41, 5.74) is 2.82. The Labute approximate surface area is 146 Å². The first kappa shape index (κ1) is 16.6. The summed E-state index contributed by atoms with van der Waals surface area (Å²) in [4.78, 5) is 20.0. The lowest BCUT2D eigenvalue weighted by molar-refractivity contribution is -0.139. The topological polar surface area (TPSA) is 61.3 Å². The Balaban J connectivity index is 1.69. The van der Waals surface area contributed by atoms with Crippen LogP contribution in [0.3, 0.4) is 0 Å². The number of hydrogen-bond donors (Lipinski definition) is 0. The van der Waals surface area contributed by atoms with Gasteiger partial charge in [-0.3, -0.25) is 4.79 Å². The van der Waals surface area contributed by atoms with Crippen LogP contribution < -0.4 is 4.74 Å². The van der Waals surface area contributed by atoms with Gasteiger partial charge in [-0.2, -0.15) is 4.98 Å². The Morgan fingerprint density at radius 1 is 0.960 bits per heavy atom. The molecule has 2 aromatic carbocycles. The summed E-state index contributed by atoms with van der Waals surface area (Å²) in [7, 11) is 1.38. The van der Waals surface area contributed by atoms with Gasteiger partial charge >= 0.3 is 5.97 Å². The fourth-order valence-corrected chi connectivity index (χ4v) is 2.30. The van der Waals surface area contributed by atoms with Gasteiger partial charge in [0.1, 0.15) is 6.61 Å². The van der Waals surface area contributed by atoms with E-state index in [1.54, 1.807) is 12.3 Å². The molecule has 1 aromatic heterocycles. The second-order valence-corrected chi connectivity index (χ2v) is 5.44. The number of benzene rings is 2. The van der Waals surface area contributed by atoms with E-state index in [2.05, 4.69) is 14.7 Å². The molecule has 0 saturated heterocycles. The number of hydrogen-bond acceptors (Lipinski definition) is 5. The van der Waals surface area contributed by atoms with Crippen LogP contribution in [0, 0.1) is 0 Å². The van der Waals surface area contributed by atoms with Crippen molar-refractivity contribution in [2.75, 3.05) is 7.11 Å². The molecule has 3 rings (SSSR count). The third-order valence-electron chi connectivity index (χ3n) is 3.65. The molecule has 5 heteroatoms. The molecular formula is C20H18N2O3. The zero-order valence-corrected chi connectivity index (χ0v) is 13.9. The summed E-state index contributed by atoms with van der Waals surface area (Å²) in [6.07, 6.45) is 1.92. The molecule has 0 aliphatic rings. The predicted molar refractivity (Wildman–Crippen MR) is 94.0 cm³/mol. The Morgan fingerprint density at radius 2 is 1.72 bits per heavy atom. The van der Waals surface area contributed by atoms with Crippen molar-refractivity contribution < 1.29 is 14.3 Å². The number of ether oxygens (including phenoxy) is 2. The molecular weight excluding hydrogens is 316 g/mol. The van der Waals surface area contributed by atoms with Crippen LogP contribution >= 0.6 is 0 Å². The minimum Gasteiger partial charge on any atom is -0.473 e. The number of rotatable bonds is 6. The average Bonchev–Trinajstić information content (AvgIpc) is 2.68. The number of methoxy groups -OCH3 is 1. The largest absolute Gasteiger partial charge is 0.473 e. The maximum atomic E-state index is 11.3. The standard InChI is InChI=1S/C20H18N2O3/c1-24-19(23)13-15-7-9-17(10-8-15)20-21-12-11-18(22-20)25-14-16-5-3-2-4-6-16/h2-12H,13-14H2,1H3. The van der Waals surface area contributed by atoms with Crippen molar-refractivity contribution in [2.24, 2.45) is 0 Å². The van der Waals surface area contributed by atoms with E-state index in [-0.39, 0.29) is 12.4 Å². The van der Waals surface area contributed by atoms with Crippen LogP contribution in [0.5, 0.6) is 5.88 Å². The van der Waals surface area contributed by atoms with E-state index < -0.39 is 0 Å². The van der Waals surface area contributed by atoms with Crippen molar-refractivity contribution in [3.63, 3.8) is 0 Å². The number of carbonyl (C=O) groups excluding carboxylic acids is 1. The molecule has 5 nitrogen and oxygen atoms in total. The van der Waals surface area contributed by atoms with Gasteiger partial charge in [0, 0.05) is 17.8 Å². The van der Waals surface area contributed by atoms with Crippen LogP contribution in [0.4, 0.5) is 0 Å². The van der Waals surface area contributed by atoms with Gasteiger partial charge in [-0.25, -0.2) is 4.98 Å². The summed E-state index contributed by atoms with van der Waals surface area (Å²) in [6.45, 7) is 0.454. The second kappa shape index (κ2) is 8.06. The van der Waals surface area contributed by atoms with E-state index in [1.807, 2.05) is 54.6 Å². The van der Waals surface area contributed by atoms with Crippen LogP contribution in [-0.2, 0) is 22.6 Å². The Morgan fingerprint density at radius 3 is 2.44 bits per heavy atom. The van der Waals surface area contributed by atoms with E-state index >= 15 is 0 Å². The molecule has 0 N–H and O–H groups in total. The summed E-state index contributed by atoms with van der Waals surface area (Å²) in [6, 6.07) is 19.2. The summed E-state index contributed by atoms with van der Waals surface area (Å²) < 4.78 is 10.4. The van der Waals surface area contributed by atoms with Crippen molar-refractivity contribution in [3.05, 3.63) is 78.0 Å². The highest BCUT2D eigenvalue weighted by Crippen LogP contribution is 2.19. The molecule has 0 fully saturated rings. The molecule has 0 saturated carbocycles. The summed E-state index contributed by atoms with van der Waals surface area (Å²) in [5, 5.41) is 0. The van der Waals surface area contributed by atoms with Gasteiger partial charge in [-0.15, -0.1) is 0 Å². The molecule has 0 bridgehead atoms. The Bertz CT molecular complexity index is 833. The Hall–Kier alpha value is -3.21. The number of aromatic nitrogens is 2. The monoisotopic (exact) mass is 334 g/mol. The first-order valence-electron chi connectivity index (χ1n) is 7.90. The lowest BCUT2D eigenvalue weighted by Crippen LogP contribution is -2.04. The molecule has 0 amide bonds. The van der Waals surface area contributed by atoms with E-state index in [0.29, 0.717) is 18.3 Å². The fraction of sp³-hybridized carbons (Fsp3) is 0.150. The van der Waals surface area contributed by atoms with Crippen LogP contribution in [0.2, 0.25) is 0 Å². The normalized spacial score (nSPS) is 10.3. The molecule has 0 atom stereocenters. The highest BCUT2D eigenvalue weighted by Gasteiger charge is 2.06. The number of nitrogens with zero attached hydrogens (tertiary/aromatic N) is 2. The smallest absolute Gasteiger partial charge is 0.309 e. The first-order valence-corrected chi connectivity index (χ1v) is 7.90. The van der Waals surface area contributed by atoms with Gasteiger partial charge in [0.05, 0.1) is 13.5 Å². The SMILES string of the molecule is COC(=O)Cc1ccc(-c2nccc(OCc3ccccc3)n2)cc1. The highest BCUT2D eigenvalue weighted by molar-refractivity contribution is 5.72. The van der Waals surface area contributed by atoms with Gasteiger partial charge < -0.3 is 9.47 Å². The van der Waals surface area contributed by atoms with Crippen molar-refractivity contribution in [3.8, 4) is 17.3 Å². The lowest BCUT2D eigenvalue weighted by atomic mass is 10.1. The first-order chi connectivity index (χ1) is 12.2. The molecule has 0 radical (unpaired) electrons. The molecule has 0 spiro atoms. The third kappa shape index (κ3) is 4.64. The summed E-state index contributed by atoms with van der Waals surface area (Å²) >= 11 is 0. The average molecular weight is 334 g/mol. The fourth-order valence-electron chi connectivity index (χ4n) is 2.30. The van der Waals surface area contributed by atoms with Gasteiger partial charge in [-0.1, -0.05) is 54.6 Å². The maximum absolute atomic E-state index is 11.3. The van der Waals surface area contributed by atoms with Gasteiger partial charge in [0.2, 0.25) is 5.88 Å². The molecule has 0 aliphatic heterocycles. The summed E-state index contributed by atoms with van der Waals surface area (Å²) in [5.74, 6) is 0.836. The predicted octanol–water partition coefficient (Wildman–Crippen LogP) is 3.44. The minimum atomic E-state index is -0.264. The third-order valence-corrected chi connectivity index (χ3v) is 3.65.